The number of hydrogen-bond acceptors (Lipinski definition) is 3. The minimum Gasteiger partial charge on any atom is -0.340 e. The second-order valence-electron chi connectivity index (χ2n) is 5.84. The second kappa shape index (κ2) is 6.43. The van der Waals surface area contributed by atoms with Crippen LogP contribution in [0.25, 0.3) is 0 Å². The van der Waals surface area contributed by atoms with E-state index >= 15 is 0 Å². The molecule has 3 amide bonds. The van der Waals surface area contributed by atoms with Gasteiger partial charge in [-0.2, -0.15) is 13.2 Å². The average Bonchev–Trinajstić information content (AvgIpc) is 2.76. The van der Waals surface area contributed by atoms with Crippen LogP contribution in [-0.2, 0) is 9.53 Å². The van der Waals surface area contributed by atoms with Crippen LogP contribution in [-0.4, -0.2) is 30.4 Å². The van der Waals surface area contributed by atoms with Crippen molar-refractivity contribution in [2.24, 2.45) is 0 Å². The van der Waals surface area contributed by atoms with Crippen LogP contribution >= 0.6 is 0 Å². The van der Waals surface area contributed by atoms with E-state index < -0.39 is 23.8 Å². The molecule has 1 fully saturated rings. The molecule has 0 saturated carbocycles. The van der Waals surface area contributed by atoms with Gasteiger partial charge in [-0.15, -0.1) is 0 Å². The maximum atomic E-state index is 13.4. The number of amides is 3. The van der Waals surface area contributed by atoms with Gasteiger partial charge in [0.15, 0.2) is 0 Å². The molecule has 8 heteroatoms. The molecule has 1 aromatic carbocycles. The van der Waals surface area contributed by atoms with Crippen molar-refractivity contribution in [3.8, 4) is 0 Å². The van der Waals surface area contributed by atoms with Gasteiger partial charge >= 0.3 is 17.9 Å². The third-order valence-electron chi connectivity index (χ3n) is 3.73. The van der Waals surface area contributed by atoms with Crippen LogP contribution in [0.2, 0.25) is 0 Å². The SMILES string of the molecule is CCCO[C@@]1(C(F)(F)F)NC(=O)N(c2ccc(C(C)C)cc2)C1=O. The normalized spacial score (nSPS) is 21.5. The maximum Gasteiger partial charge on any atom is 0.446 e. The van der Waals surface area contributed by atoms with E-state index in [4.69, 9.17) is 4.74 Å². The third-order valence-corrected chi connectivity index (χ3v) is 3.73. The van der Waals surface area contributed by atoms with E-state index in [9.17, 15) is 22.8 Å². The Hall–Kier alpha value is -2.09. The molecule has 0 unspecified atom stereocenters. The van der Waals surface area contributed by atoms with Crippen molar-refractivity contribution in [2.75, 3.05) is 11.5 Å². The molecule has 0 spiro atoms. The van der Waals surface area contributed by atoms with Gasteiger partial charge in [-0.05, 0) is 30.0 Å². The lowest BCUT2D eigenvalue weighted by Crippen LogP contribution is -2.60. The first-order valence-electron chi connectivity index (χ1n) is 7.61. The zero-order valence-corrected chi connectivity index (χ0v) is 13.6. The predicted molar refractivity (Wildman–Crippen MR) is 81.6 cm³/mol. The molecule has 1 N–H and O–H groups in total. The van der Waals surface area contributed by atoms with E-state index in [-0.39, 0.29) is 24.6 Å². The summed E-state index contributed by atoms with van der Waals surface area (Å²) in [6.45, 7) is 5.20. The number of ether oxygens (including phenoxy) is 1. The summed E-state index contributed by atoms with van der Waals surface area (Å²) >= 11 is 0. The van der Waals surface area contributed by atoms with Gasteiger partial charge in [0.2, 0.25) is 0 Å². The molecule has 132 valence electrons. The number of imide groups is 1. The lowest BCUT2D eigenvalue weighted by molar-refractivity contribution is -0.269. The number of urea groups is 1. The number of hydrogen-bond donors (Lipinski definition) is 1. The number of rotatable bonds is 5. The molecule has 0 aromatic heterocycles. The fraction of sp³-hybridized carbons (Fsp3) is 0.500. The summed E-state index contributed by atoms with van der Waals surface area (Å²) in [4.78, 5) is 24.9. The molecule has 1 aliphatic rings. The van der Waals surface area contributed by atoms with Gasteiger partial charge in [0.05, 0.1) is 12.3 Å². The van der Waals surface area contributed by atoms with Gasteiger partial charge < -0.3 is 4.74 Å². The lowest BCUT2D eigenvalue weighted by atomic mass is 10.0. The zero-order valence-electron chi connectivity index (χ0n) is 13.6. The Morgan fingerprint density at radius 1 is 1.21 bits per heavy atom. The summed E-state index contributed by atoms with van der Waals surface area (Å²) in [6.07, 6.45) is -4.80. The molecule has 1 aliphatic heterocycles. The number of nitrogens with zero attached hydrogens (tertiary/aromatic N) is 1. The molecule has 1 atom stereocenters. The minimum atomic E-state index is -5.07. The Kier molecular flexibility index (Phi) is 4.89. The molecular formula is C16H19F3N2O3. The fourth-order valence-corrected chi connectivity index (χ4v) is 2.38. The molecule has 1 saturated heterocycles. The van der Waals surface area contributed by atoms with Crippen LogP contribution in [0.5, 0.6) is 0 Å². The van der Waals surface area contributed by atoms with E-state index in [2.05, 4.69) is 0 Å². The average molecular weight is 344 g/mol. The van der Waals surface area contributed by atoms with Gasteiger partial charge in [-0.25, -0.2) is 9.69 Å². The van der Waals surface area contributed by atoms with Gasteiger partial charge in [-0.1, -0.05) is 32.9 Å². The predicted octanol–water partition coefficient (Wildman–Crippen LogP) is 3.55. The van der Waals surface area contributed by atoms with Crippen molar-refractivity contribution in [3.63, 3.8) is 0 Å². The first-order chi connectivity index (χ1) is 11.1. The molecule has 0 radical (unpaired) electrons. The van der Waals surface area contributed by atoms with E-state index in [0.717, 1.165) is 5.56 Å². The first-order valence-corrected chi connectivity index (χ1v) is 7.61. The number of carbonyl (C=O) groups excluding carboxylic acids is 2. The van der Waals surface area contributed by atoms with Crippen molar-refractivity contribution in [1.29, 1.82) is 0 Å². The van der Waals surface area contributed by atoms with Crippen LogP contribution < -0.4 is 10.2 Å². The smallest absolute Gasteiger partial charge is 0.340 e. The molecule has 1 aromatic rings. The molecule has 1 heterocycles. The van der Waals surface area contributed by atoms with Crippen molar-refractivity contribution < 1.29 is 27.5 Å². The fourth-order valence-electron chi connectivity index (χ4n) is 2.38. The Morgan fingerprint density at radius 2 is 1.79 bits per heavy atom. The highest BCUT2D eigenvalue weighted by Gasteiger charge is 2.69. The summed E-state index contributed by atoms with van der Waals surface area (Å²) in [6, 6.07) is 5.06. The number of halogens is 3. The Morgan fingerprint density at radius 3 is 2.25 bits per heavy atom. The van der Waals surface area contributed by atoms with Gasteiger partial charge in [0, 0.05) is 0 Å². The van der Waals surface area contributed by atoms with Crippen molar-refractivity contribution >= 4 is 17.6 Å². The molecule has 24 heavy (non-hydrogen) atoms. The van der Waals surface area contributed by atoms with E-state index in [1.54, 1.807) is 24.4 Å². The molecule has 5 nitrogen and oxygen atoms in total. The van der Waals surface area contributed by atoms with E-state index in [0.29, 0.717) is 4.90 Å². The number of carbonyl (C=O) groups is 2. The summed E-state index contributed by atoms with van der Waals surface area (Å²) < 4.78 is 45.1. The van der Waals surface area contributed by atoms with Gasteiger partial charge in [-0.3, -0.25) is 10.1 Å². The summed E-state index contributed by atoms with van der Waals surface area (Å²) in [5, 5.41) is 1.67. The third kappa shape index (κ3) is 2.98. The Balaban J connectivity index is 2.39. The van der Waals surface area contributed by atoms with Crippen LogP contribution in [0.15, 0.2) is 24.3 Å². The highest BCUT2D eigenvalue weighted by Crippen LogP contribution is 2.38. The number of anilines is 1. The number of alkyl halides is 3. The second-order valence-corrected chi connectivity index (χ2v) is 5.84. The highest BCUT2D eigenvalue weighted by molar-refractivity contribution is 6.23. The Labute approximate surface area is 137 Å². The molecular weight excluding hydrogens is 325 g/mol. The van der Waals surface area contributed by atoms with Crippen molar-refractivity contribution in [3.05, 3.63) is 29.8 Å². The minimum absolute atomic E-state index is 0.0631. The standard InChI is InChI=1S/C16H19F3N2O3/c1-4-9-24-15(16(17,18)19)13(22)21(14(23)20-15)12-7-5-11(6-8-12)10(2)3/h5-8,10H,4,9H2,1-3H3,(H,20,23)/t15-/m0/s1. The van der Waals surface area contributed by atoms with E-state index in [1.807, 2.05) is 13.8 Å². The molecule has 0 aliphatic carbocycles. The summed E-state index contributed by atoms with van der Waals surface area (Å²) in [5.74, 6) is -1.27. The summed E-state index contributed by atoms with van der Waals surface area (Å²) in [7, 11) is 0. The molecule has 2 rings (SSSR count). The monoisotopic (exact) mass is 344 g/mol. The maximum absolute atomic E-state index is 13.4. The highest BCUT2D eigenvalue weighted by atomic mass is 19.4. The quantitative estimate of drug-likeness (QED) is 0.831. The van der Waals surface area contributed by atoms with E-state index in [1.165, 1.54) is 12.1 Å². The Bertz CT molecular complexity index is 628. The largest absolute Gasteiger partial charge is 0.446 e. The van der Waals surface area contributed by atoms with Crippen LogP contribution in [0.4, 0.5) is 23.7 Å². The zero-order chi connectivity index (χ0) is 18.1. The van der Waals surface area contributed by atoms with Crippen LogP contribution in [0, 0.1) is 0 Å². The van der Waals surface area contributed by atoms with Gasteiger partial charge in [0.1, 0.15) is 0 Å². The van der Waals surface area contributed by atoms with Crippen molar-refractivity contribution in [2.45, 2.75) is 45.0 Å². The summed E-state index contributed by atoms with van der Waals surface area (Å²) in [5.41, 5.74) is -2.33. The first kappa shape index (κ1) is 18.3. The lowest BCUT2D eigenvalue weighted by Gasteiger charge is -2.28. The number of nitrogens with one attached hydrogen (secondary N) is 1. The van der Waals surface area contributed by atoms with Gasteiger partial charge in [0.25, 0.3) is 5.91 Å². The van der Waals surface area contributed by atoms with Crippen LogP contribution in [0.1, 0.15) is 38.7 Å². The van der Waals surface area contributed by atoms with Crippen molar-refractivity contribution in [1.82, 2.24) is 5.32 Å². The topological polar surface area (TPSA) is 58.6 Å². The molecule has 0 bridgehead atoms. The van der Waals surface area contributed by atoms with Crippen LogP contribution in [0.3, 0.4) is 0 Å². The number of benzene rings is 1.